The third-order valence-corrected chi connectivity index (χ3v) is 6.18. The van der Waals surface area contributed by atoms with Crippen LogP contribution in [0, 0.1) is 5.92 Å². The molecular weight excluding hydrogens is 302 g/mol. The first-order valence-corrected chi connectivity index (χ1v) is 8.77. The van der Waals surface area contributed by atoms with E-state index in [1.54, 1.807) is 0 Å². The molecule has 0 aromatic carbocycles. The molecule has 3 aromatic rings. The van der Waals surface area contributed by atoms with Crippen molar-refractivity contribution in [3.63, 3.8) is 0 Å². The van der Waals surface area contributed by atoms with Crippen LogP contribution in [0.15, 0.2) is 24.8 Å². The number of H-pyrrole nitrogens is 1. The monoisotopic (exact) mass is 321 g/mol. The van der Waals surface area contributed by atoms with Crippen molar-refractivity contribution in [2.75, 3.05) is 0 Å². The third-order valence-electron chi connectivity index (χ3n) is 6.18. The minimum atomic E-state index is 0.0485. The highest BCUT2D eigenvalue weighted by molar-refractivity contribution is 6.01. The molecule has 7 rings (SSSR count). The largest absolute Gasteiger partial charge is 0.350 e. The fourth-order valence-electron chi connectivity index (χ4n) is 4.92. The highest BCUT2D eigenvalue weighted by Gasteiger charge is 2.70. The first-order valence-electron chi connectivity index (χ1n) is 8.77. The van der Waals surface area contributed by atoms with E-state index in [-0.39, 0.29) is 17.0 Å². The van der Waals surface area contributed by atoms with E-state index in [0.29, 0.717) is 5.92 Å². The number of carbonyl (C=O) groups is 1. The Kier molecular flexibility index (Phi) is 2.16. The Labute approximate surface area is 138 Å². The Bertz CT molecular complexity index is 976. The topological polar surface area (TPSA) is 75.6 Å². The quantitative estimate of drug-likeness (QED) is 0.775. The van der Waals surface area contributed by atoms with Gasteiger partial charge in [-0.05, 0) is 44.1 Å². The number of nitrogens with one attached hydrogen (secondary N) is 2. The lowest BCUT2D eigenvalue weighted by Crippen LogP contribution is -2.78. The second-order valence-electron chi connectivity index (χ2n) is 8.08. The zero-order valence-electron chi connectivity index (χ0n) is 13.4. The minimum absolute atomic E-state index is 0.0485. The molecule has 24 heavy (non-hydrogen) atoms. The van der Waals surface area contributed by atoms with E-state index in [2.05, 4.69) is 30.9 Å². The van der Waals surface area contributed by atoms with Gasteiger partial charge in [0, 0.05) is 23.5 Å². The van der Waals surface area contributed by atoms with Crippen LogP contribution in [0.3, 0.4) is 0 Å². The van der Waals surface area contributed by atoms with Gasteiger partial charge in [0.05, 0.1) is 23.6 Å². The van der Waals surface area contributed by atoms with Crippen LogP contribution in [-0.2, 0) is 10.3 Å². The van der Waals surface area contributed by atoms with Gasteiger partial charge in [-0.1, -0.05) is 0 Å². The number of fused-ring (bicyclic) bond motifs is 3. The molecule has 6 nitrogen and oxygen atoms in total. The summed E-state index contributed by atoms with van der Waals surface area (Å²) in [7, 11) is 0. The fraction of sp³-hybridized carbons (Fsp3) is 0.500. The molecule has 4 saturated carbocycles. The number of carbonyl (C=O) groups excluding carboxylic acids is 1. The van der Waals surface area contributed by atoms with Gasteiger partial charge in [0.25, 0.3) is 0 Å². The summed E-state index contributed by atoms with van der Waals surface area (Å²) in [6.45, 7) is 0. The number of pyridine rings is 1. The van der Waals surface area contributed by atoms with Crippen LogP contribution < -0.4 is 5.32 Å². The SMILES string of the molecule is O=C(CC1CC1)NC12CC(n3cnc4cnc5[nH]ccc5c43)(C1)C2. The molecule has 2 bridgehead atoms. The first kappa shape index (κ1) is 13.0. The van der Waals surface area contributed by atoms with Crippen LogP contribution >= 0.6 is 0 Å². The summed E-state index contributed by atoms with van der Waals surface area (Å²) in [5.41, 5.74) is 3.20. The highest BCUT2D eigenvalue weighted by Crippen LogP contribution is 2.66. The van der Waals surface area contributed by atoms with Gasteiger partial charge in [-0.2, -0.15) is 0 Å². The van der Waals surface area contributed by atoms with Gasteiger partial charge in [0.2, 0.25) is 5.91 Å². The Morgan fingerprint density at radius 3 is 2.96 bits per heavy atom. The van der Waals surface area contributed by atoms with Crippen molar-refractivity contribution < 1.29 is 4.79 Å². The van der Waals surface area contributed by atoms with Gasteiger partial charge in [-0.15, -0.1) is 0 Å². The second kappa shape index (κ2) is 3.99. The standard InChI is InChI=1S/C18H19N5O/c24-14(5-11-1-2-11)22-17-7-18(8-17,9-17)23-10-21-13-6-20-16-12(15(13)23)3-4-19-16/h3-4,6,10-11H,1-2,5,7-9H2,(H,19,20)(H,22,24). The van der Waals surface area contributed by atoms with E-state index < -0.39 is 0 Å². The van der Waals surface area contributed by atoms with E-state index >= 15 is 0 Å². The molecular formula is C18H19N5O. The maximum absolute atomic E-state index is 12.1. The summed E-state index contributed by atoms with van der Waals surface area (Å²) in [6.07, 6.45) is 12.0. The number of aromatic nitrogens is 4. The summed E-state index contributed by atoms with van der Waals surface area (Å²) < 4.78 is 2.33. The number of amides is 1. The number of hydrogen-bond acceptors (Lipinski definition) is 3. The Morgan fingerprint density at radius 2 is 2.17 bits per heavy atom. The van der Waals surface area contributed by atoms with E-state index in [0.717, 1.165) is 42.2 Å². The van der Waals surface area contributed by atoms with E-state index in [4.69, 9.17) is 0 Å². The summed E-state index contributed by atoms with van der Waals surface area (Å²) >= 11 is 0. The molecule has 4 aliphatic rings. The van der Waals surface area contributed by atoms with E-state index in [1.807, 2.05) is 18.7 Å². The predicted octanol–water partition coefficient (Wildman–Crippen LogP) is 2.46. The van der Waals surface area contributed by atoms with Gasteiger partial charge in [-0.25, -0.2) is 9.97 Å². The highest BCUT2D eigenvalue weighted by atomic mass is 16.1. The average Bonchev–Trinajstić information content (AvgIpc) is 3.01. The van der Waals surface area contributed by atoms with E-state index in [9.17, 15) is 4.79 Å². The van der Waals surface area contributed by atoms with Gasteiger partial charge < -0.3 is 14.9 Å². The third kappa shape index (κ3) is 1.58. The van der Waals surface area contributed by atoms with E-state index in [1.165, 1.54) is 18.4 Å². The molecule has 0 unspecified atom stereocenters. The van der Waals surface area contributed by atoms with Gasteiger partial charge in [-0.3, -0.25) is 4.79 Å². The molecule has 3 aromatic heterocycles. The zero-order valence-corrected chi connectivity index (χ0v) is 13.4. The van der Waals surface area contributed by atoms with Crippen molar-refractivity contribution in [1.29, 1.82) is 0 Å². The van der Waals surface area contributed by atoms with Crippen molar-refractivity contribution in [2.45, 2.75) is 49.6 Å². The number of rotatable bonds is 4. The maximum atomic E-state index is 12.1. The normalized spacial score (nSPS) is 31.0. The lowest BCUT2D eigenvalue weighted by atomic mass is 9.44. The summed E-state index contributed by atoms with van der Waals surface area (Å²) in [4.78, 5) is 24.3. The predicted molar refractivity (Wildman–Crippen MR) is 89.4 cm³/mol. The summed E-state index contributed by atoms with van der Waals surface area (Å²) in [5.74, 6) is 0.900. The number of hydrogen-bond donors (Lipinski definition) is 2. The molecule has 3 heterocycles. The summed E-state index contributed by atoms with van der Waals surface area (Å²) in [5, 5.41) is 4.43. The summed E-state index contributed by atoms with van der Waals surface area (Å²) in [6, 6.07) is 2.07. The van der Waals surface area contributed by atoms with Crippen molar-refractivity contribution in [3.8, 4) is 0 Å². The van der Waals surface area contributed by atoms with Crippen LogP contribution in [0.2, 0.25) is 0 Å². The number of nitrogens with zero attached hydrogens (tertiary/aromatic N) is 3. The molecule has 1 amide bonds. The van der Waals surface area contributed by atoms with Crippen LogP contribution in [-0.4, -0.2) is 31.0 Å². The molecule has 122 valence electrons. The van der Waals surface area contributed by atoms with Crippen LogP contribution in [0.4, 0.5) is 0 Å². The van der Waals surface area contributed by atoms with Crippen molar-refractivity contribution in [3.05, 3.63) is 24.8 Å². The lowest BCUT2D eigenvalue weighted by Gasteiger charge is -2.70. The van der Waals surface area contributed by atoms with Crippen LogP contribution in [0.25, 0.3) is 22.1 Å². The molecule has 0 saturated heterocycles. The molecule has 2 N–H and O–H groups in total. The Balaban J connectivity index is 1.30. The Morgan fingerprint density at radius 1 is 1.33 bits per heavy atom. The average molecular weight is 321 g/mol. The molecule has 6 heteroatoms. The molecule has 0 aliphatic heterocycles. The first-order chi connectivity index (χ1) is 11.7. The number of aromatic amines is 1. The van der Waals surface area contributed by atoms with Crippen LogP contribution in [0.1, 0.15) is 38.5 Å². The van der Waals surface area contributed by atoms with Gasteiger partial charge in [0.15, 0.2) is 0 Å². The molecule has 0 atom stereocenters. The fourth-order valence-corrected chi connectivity index (χ4v) is 4.92. The van der Waals surface area contributed by atoms with Crippen molar-refractivity contribution in [1.82, 2.24) is 24.8 Å². The molecule has 0 spiro atoms. The maximum Gasteiger partial charge on any atom is 0.220 e. The molecule has 4 aliphatic carbocycles. The molecule has 0 radical (unpaired) electrons. The van der Waals surface area contributed by atoms with Crippen molar-refractivity contribution >= 4 is 28.0 Å². The van der Waals surface area contributed by atoms with Crippen LogP contribution in [0.5, 0.6) is 0 Å². The second-order valence-corrected chi connectivity index (χ2v) is 8.08. The zero-order chi connectivity index (χ0) is 15.9. The van der Waals surface area contributed by atoms with Crippen molar-refractivity contribution in [2.24, 2.45) is 5.92 Å². The minimum Gasteiger partial charge on any atom is -0.350 e. The lowest BCUT2D eigenvalue weighted by molar-refractivity contribution is -0.154. The van der Waals surface area contributed by atoms with Gasteiger partial charge >= 0.3 is 0 Å². The number of imidazole rings is 1. The van der Waals surface area contributed by atoms with Gasteiger partial charge in [0.1, 0.15) is 11.2 Å². The smallest absolute Gasteiger partial charge is 0.220 e. The molecule has 4 fully saturated rings. The Hall–Kier alpha value is -2.37.